The second-order valence-corrected chi connectivity index (χ2v) is 6.92. The van der Waals surface area contributed by atoms with E-state index in [1.807, 2.05) is 0 Å². The third-order valence-corrected chi connectivity index (χ3v) is 5.35. The maximum absolute atomic E-state index is 12.9. The molecule has 0 aliphatic carbocycles. The maximum Gasteiger partial charge on any atom is 0.416 e. The number of halogens is 4. The molecule has 1 aliphatic heterocycles. The molecule has 0 saturated carbocycles. The number of nitrogens with zero attached hydrogens (tertiary/aromatic N) is 1. The first-order chi connectivity index (χ1) is 11.4. The molecule has 3 rings (SSSR count). The average molecular weight is 372 g/mol. The molecule has 1 amide bonds. The molecule has 1 atom stereocenters. The van der Waals surface area contributed by atoms with Crippen molar-refractivity contribution >= 4 is 29.3 Å². The minimum absolute atomic E-state index is 0.270. The Labute approximate surface area is 146 Å². The number of amides is 1. The van der Waals surface area contributed by atoms with Gasteiger partial charge in [0.25, 0.3) is 5.91 Å². The molecule has 0 unspecified atom stereocenters. The van der Waals surface area contributed by atoms with Crippen LogP contribution in [0.15, 0.2) is 48.5 Å². The normalized spacial score (nSPS) is 18.0. The fourth-order valence-electron chi connectivity index (χ4n) is 2.61. The van der Waals surface area contributed by atoms with Gasteiger partial charge in [0.05, 0.1) is 16.1 Å². The summed E-state index contributed by atoms with van der Waals surface area (Å²) in [5, 5.41) is -0.113. The molecule has 1 fully saturated rings. The van der Waals surface area contributed by atoms with Gasteiger partial charge in [0, 0.05) is 12.3 Å². The third kappa shape index (κ3) is 3.39. The molecule has 0 spiro atoms. The summed E-state index contributed by atoms with van der Waals surface area (Å²) in [5.74, 6) is 0.393. The first kappa shape index (κ1) is 17.2. The van der Waals surface area contributed by atoms with E-state index in [1.54, 1.807) is 35.2 Å². The van der Waals surface area contributed by atoms with Crippen LogP contribution in [-0.2, 0) is 6.18 Å². The minimum Gasteiger partial charge on any atom is -0.322 e. The number of thioether (sulfide) groups is 1. The smallest absolute Gasteiger partial charge is 0.322 e. The van der Waals surface area contributed by atoms with Crippen molar-refractivity contribution in [2.45, 2.75) is 11.6 Å². The fraction of sp³-hybridized carbons (Fsp3) is 0.235. The molecule has 7 heteroatoms. The Morgan fingerprint density at radius 1 is 1.17 bits per heavy atom. The van der Waals surface area contributed by atoms with Crippen molar-refractivity contribution in [1.82, 2.24) is 4.90 Å². The Hall–Kier alpha value is -1.66. The van der Waals surface area contributed by atoms with Gasteiger partial charge in [-0.05, 0) is 29.8 Å². The van der Waals surface area contributed by atoms with Crippen molar-refractivity contribution in [3.05, 3.63) is 70.2 Å². The largest absolute Gasteiger partial charge is 0.416 e. The molecular formula is C17H13ClF3NOS. The van der Waals surface area contributed by atoms with Crippen LogP contribution in [-0.4, -0.2) is 23.1 Å². The predicted molar refractivity (Wildman–Crippen MR) is 89.1 cm³/mol. The number of carbonyl (C=O) groups is 1. The topological polar surface area (TPSA) is 20.3 Å². The lowest BCUT2D eigenvalue weighted by Crippen LogP contribution is -2.30. The Kier molecular flexibility index (Phi) is 4.78. The van der Waals surface area contributed by atoms with Crippen LogP contribution in [0.1, 0.15) is 26.9 Å². The second kappa shape index (κ2) is 6.69. The predicted octanol–water partition coefficient (Wildman–Crippen LogP) is 5.25. The molecule has 1 aliphatic rings. The lowest BCUT2D eigenvalue weighted by atomic mass is 10.1. The number of hydrogen-bond acceptors (Lipinski definition) is 2. The van der Waals surface area contributed by atoms with Crippen molar-refractivity contribution in [3.63, 3.8) is 0 Å². The Balaban J connectivity index is 1.92. The molecule has 0 N–H and O–H groups in total. The molecule has 126 valence electrons. The zero-order valence-electron chi connectivity index (χ0n) is 12.4. The molecule has 24 heavy (non-hydrogen) atoms. The fourth-order valence-corrected chi connectivity index (χ4v) is 4.07. The van der Waals surface area contributed by atoms with Crippen molar-refractivity contribution in [1.29, 1.82) is 0 Å². The minimum atomic E-state index is -4.41. The summed E-state index contributed by atoms with van der Waals surface area (Å²) in [6.45, 7) is 0.468. The van der Waals surface area contributed by atoms with E-state index in [4.69, 9.17) is 11.6 Å². The van der Waals surface area contributed by atoms with Gasteiger partial charge in [-0.2, -0.15) is 13.2 Å². The summed E-state index contributed by atoms with van der Waals surface area (Å²) in [6, 6.07) is 11.8. The van der Waals surface area contributed by atoms with Gasteiger partial charge in [0.1, 0.15) is 5.37 Å². The molecule has 0 aromatic heterocycles. The summed E-state index contributed by atoms with van der Waals surface area (Å²) in [6.07, 6.45) is -4.41. The SMILES string of the molecule is O=C(c1ccccc1Cl)N1CCS[C@@H]1c1cccc(C(F)(F)F)c1. The van der Waals surface area contributed by atoms with Crippen LogP contribution < -0.4 is 0 Å². The van der Waals surface area contributed by atoms with Gasteiger partial charge >= 0.3 is 6.18 Å². The van der Waals surface area contributed by atoms with Crippen LogP contribution in [0.4, 0.5) is 13.2 Å². The van der Waals surface area contributed by atoms with Gasteiger partial charge in [-0.3, -0.25) is 4.79 Å². The Bertz CT molecular complexity index is 765. The van der Waals surface area contributed by atoms with Crippen LogP contribution >= 0.6 is 23.4 Å². The van der Waals surface area contributed by atoms with Gasteiger partial charge in [-0.25, -0.2) is 0 Å². The molecule has 2 aromatic carbocycles. The second-order valence-electron chi connectivity index (χ2n) is 5.32. The monoisotopic (exact) mass is 371 g/mol. The van der Waals surface area contributed by atoms with E-state index >= 15 is 0 Å². The molecule has 1 heterocycles. The molecule has 2 nitrogen and oxygen atoms in total. The highest BCUT2D eigenvalue weighted by molar-refractivity contribution is 7.99. The number of rotatable bonds is 2. The van der Waals surface area contributed by atoms with Crippen LogP contribution in [0.3, 0.4) is 0 Å². The molecule has 1 saturated heterocycles. The van der Waals surface area contributed by atoms with Crippen molar-refractivity contribution in [3.8, 4) is 0 Å². The van der Waals surface area contributed by atoms with Crippen LogP contribution in [0, 0.1) is 0 Å². The van der Waals surface area contributed by atoms with Crippen LogP contribution in [0.25, 0.3) is 0 Å². The maximum atomic E-state index is 12.9. The Morgan fingerprint density at radius 2 is 1.92 bits per heavy atom. The standard InChI is InChI=1S/C17H13ClF3NOS/c18-14-7-2-1-6-13(14)15(23)22-8-9-24-16(22)11-4-3-5-12(10-11)17(19,20)21/h1-7,10,16H,8-9H2/t16-/m1/s1. The van der Waals surface area contributed by atoms with Crippen molar-refractivity contribution < 1.29 is 18.0 Å². The summed E-state index contributed by atoms with van der Waals surface area (Å²) in [5.41, 5.74) is 0.115. The lowest BCUT2D eigenvalue weighted by Gasteiger charge is -2.25. The van der Waals surface area contributed by atoms with Gasteiger partial charge < -0.3 is 4.90 Å². The number of carbonyl (C=O) groups excluding carboxylic acids is 1. The zero-order chi connectivity index (χ0) is 17.3. The highest BCUT2D eigenvalue weighted by Crippen LogP contribution is 2.41. The first-order valence-electron chi connectivity index (χ1n) is 7.22. The van der Waals surface area contributed by atoms with Crippen molar-refractivity contribution in [2.24, 2.45) is 0 Å². The highest BCUT2D eigenvalue weighted by Gasteiger charge is 2.35. The van der Waals surface area contributed by atoms with E-state index in [2.05, 4.69) is 0 Å². The van der Waals surface area contributed by atoms with E-state index in [1.165, 1.54) is 17.8 Å². The number of benzene rings is 2. The van der Waals surface area contributed by atoms with E-state index in [-0.39, 0.29) is 5.91 Å². The molecular weight excluding hydrogens is 359 g/mol. The summed E-state index contributed by atoms with van der Waals surface area (Å²) in [4.78, 5) is 14.3. The van der Waals surface area contributed by atoms with Gasteiger partial charge in [-0.15, -0.1) is 11.8 Å². The van der Waals surface area contributed by atoms with E-state index in [0.717, 1.165) is 12.1 Å². The molecule has 2 aromatic rings. The number of hydrogen-bond donors (Lipinski definition) is 0. The van der Waals surface area contributed by atoms with E-state index in [9.17, 15) is 18.0 Å². The number of alkyl halides is 3. The lowest BCUT2D eigenvalue weighted by molar-refractivity contribution is -0.137. The molecule has 0 radical (unpaired) electrons. The quantitative estimate of drug-likeness (QED) is 0.719. The first-order valence-corrected chi connectivity index (χ1v) is 8.65. The van der Waals surface area contributed by atoms with Gasteiger partial charge in [-0.1, -0.05) is 35.9 Å². The van der Waals surface area contributed by atoms with Crippen molar-refractivity contribution in [2.75, 3.05) is 12.3 Å². The average Bonchev–Trinajstić information content (AvgIpc) is 3.03. The molecule has 0 bridgehead atoms. The van der Waals surface area contributed by atoms with E-state index in [0.29, 0.717) is 28.4 Å². The van der Waals surface area contributed by atoms with Gasteiger partial charge in [0.15, 0.2) is 0 Å². The van der Waals surface area contributed by atoms with Gasteiger partial charge in [0.2, 0.25) is 0 Å². The summed E-state index contributed by atoms with van der Waals surface area (Å²) >= 11 is 7.52. The summed E-state index contributed by atoms with van der Waals surface area (Å²) < 4.78 is 38.8. The summed E-state index contributed by atoms with van der Waals surface area (Å²) in [7, 11) is 0. The Morgan fingerprint density at radius 3 is 2.62 bits per heavy atom. The van der Waals surface area contributed by atoms with E-state index < -0.39 is 17.1 Å². The van der Waals surface area contributed by atoms with Crippen LogP contribution in [0.5, 0.6) is 0 Å². The third-order valence-electron chi connectivity index (χ3n) is 3.76. The zero-order valence-corrected chi connectivity index (χ0v) is 14.0. The van der Waals surface area contributed by atoms with Crippen LogP contribution in [0.2, 0.25) is 5.02 Å². The highest BCUT2D eigenvalue weighted by atomic mass is 35.5.